The number of amides is 1. The predicted octanol–water partition coefficient (Wildman–Crippen LogP) is 2.62. The number of terminal acetylenes is 1. The summed E-state index contributed by atoms with van der Waals surface area (Å²) in [5, 5.41) is 11.6. The third kappa shape index (κ3) is 3.03. The number of aromatic carboxylic acids is 1. The molecule has 2 aromatic rings. The number of benzene rings is 2. The van der Waals surface area contributed by atoms with Crippen LogP contribution >= 0.6 is 0 Å². The average molecular weight is 265 g/mol. The van der Waals surface area contributed by atoms with Crippen molar-refractivity contribution in [3.05, 3.63) is 65.2 Å². The summed E-state index contributed by atoms with van der Waals surface area (Å²) in [5.41, 5.74) is 1.55. The SMILES string of the molecule is C#Cc1cccc(NC(=O)c2cccc(C(=O)O)c2)c1. The van der Waals surface area contributed by atoms with Gasteiger partial charge in [-0.1, -0.05) is 18.1 Å². The Morgan fingerprint density at radius 2 is 1.75 bits per heavy atom. The number of hydrogen-bond donors (Lipinski definition) is 2. The van der Waals surface area contributed by atoms with E-state index in [0.717, 1.165) is 0 Å². The highest BCUT2D eigenvalue weighted by Crippen LogP contribution is 2.12. The maximum absolute atomic E-state index is 12.0. The molecule has 98 valence electrons. The Morgan fingerprint density at radius 1 is 1.05 bits per heavy atom. The standard InChI is InChI=1S/C16H11NO3/c1-2-11-5-3-8-14(9-11)17-15(18)12-6-4-7-13(10-12)16(19)20/h1,3-10H,(H,17,18)(H,19,20). The normalized spacial score (nSPS) is 9.55. The van der Waals surface area contributed by atoms with Gasteiger partial charge in [-0.2, -0.15) is 0 Å². The lowest BCUT2D eigenvalue weighted by atomic mass is 10.1. The van der Waals surface area contributed by atoms with E-state index in [1.54, 1.807) is 30.3 Å². The van der Waals surface area contributed by atoms with Crippen LogP contribution in [0.25, 0.3) is 0 Å². The summed E-state index contributed by atoms with van der Waals surface area (Å²) in [7, 11) is 0. The summed E-state index contributed by atoms with van der Waals surface area (Å²) in [5.74, 6) is 1.01. The molecule has 2 rings (SSSR count). The molecule has 0 atom stereocenters. The molecule has 0 radical (unpaired) electrons. The molecule has 0 fully saturated rings. The van der Waals surface area contributed by atoms with Crippen molar-refractivity contribution < 1.29 is 14.7 Å². The number of anilines is 1. The molecule has 4 nitrogen and oxygen atoms in total. The fourth-order valence-corrected chi connectivity index (χ4v) is 1.68. The first-order chi connectivity index (χ1) is 9.60. The highest BCUT2D eigenvalue weighted by Gasteiger charge is 2.09. The van der Waals surface area contributed by atoms with Crippen LogP contribution in [0.2, 0.25) is 0 Å². The average Bonchev–Trinajstić information content (AvgIpc) is 2.47. The minimum Gasteiger partial charge on any atom is -0.478 e. The molecular weight excluding hydrogens is 254 g/mol. The number of carboxylic acid groups (broad SMARTS) is 1. The molecule has 0 saturated carbocycles. The summed E-state index contributed by atoms with van der Waals surface area (Å²) in [6.45, 7) is 0. The van der Waals surface area contributed by atoms with Gasteiger partial charge in [0.25, 0.3) is 5.91 Å². The van der Waals surface area contributed by atoms with Gasteiger partial charge in [0.2, 0.25) is 0 Å². The van der Waals surface area contributed by atoms with Gasteiger partial charge in [0.1, 0.15) is 0 Å². The quantitative estimate of drug-likeness (QED) is 0.838. The lowest BCUT2D eigenvalue weighted by Crippen LogP contribution is -2.12. The van der Waals surface area contributed by atoms with Crippen LogP contribution in [0.5, 0.6) is 0 Å². The maximum atomic E-state index is 12.0. The molecule has 1 amide bonds. The van der Waals surface area contributed by atoms with Crippen molar-refractivity contribution >= 4 is 17.6 Å². The molecule has 0 aliphatic carbocycles. The summed E-state index contributed by atoms with van der Waals surface area (Å²) in [6, 6.07) is 12.7. The number of rotatable bonds is 3. The van der Waals surface area contributed by atoms with Crippen LogP contribution in [-0.2, 0) is 0 Å². The van der Waals surface area contributed by atoms with Crippen molar-refractivity contribution in [2.75, 3.05) is 5.32 Å². The second-order valence-corrected chi connectivity index (χ2v) is 4.07. The van der Waals surface area contributed by atoms with Crippen molar-refractivity contribution in [2.45, 2.75) is 0 Å². The summed E-state index contributed by atoms with van der Waals surface area (Å²) in [6.07, 6.45) is 5.29. The van der Waals surface area contributed by atoms with E-state index in [-0.39, 0.29) is 17.0 Å². The topological polar surface area (TPSA) is 66.4 Å². The first-order valence-corrected chi connectivity index (χ1v) is 5.81. The van der Waals surface area contributed by atoms with Crippen LogP contribution < -0.4 is 5.32 Å². The summed E-state index contributed by atoms with van der Waals surface area (Å²) >= 11 is 0. The van der Waals surface area contributed by atoms with Gasteiger partial charge in [-0.25, -0.2) is 4.79 Å². The second kappa shape index (κ2) is 5.72. The van der Waals surface area contributed by atoms with Crippen LogP contribution in [0.3, 0.4) is 0 Å². The van der Waals surface area contributed by atoms with E-state index in [1.165, 1.54) is 18.2 Å². The minimum atomic E-state index is -1.08. The number of hydrogen-bond acceptors (Lipinski definition) is 2. The van der Waals surface area contributed by atoms with Crippen molar-refractivity contribution in [1.82, 2.24) is 0 Å². The lowest BCUT2D eigenvalue weighted by Gasteiger charge is -2.06. The molecule has 0 saturated heterocycles. The summed E-state index contributed by atoms with van der Waals surface area (Å²) in [4.78, 5) is 22.9. The van der Waals surface area contributed by atoms with Crippen molar-refractivity contribution in [1.29, 1.82) is 0 Å². The van der Waals surface area contributed by atoms with Crippen LogP contribution in [0.4, 0.5) is 5.69 Å². The zero-order valence-corrected chi connectivity index (χ0v) is 10.5. The van der Waals surface area contributed by atoms with E-state index in [2.05, 4.69) is 11.2 Å². The monoisotopic (exact) mass is 265 g/mol. The zero-order valence-electron chi connectivity index (χ0n) is 10.5. The Kier molecular flexibility index (Phi) is 3.82. The van der Waals surface area contributed by atoms with E-state index in [1.807, 2.05) is 0 Å². The van der Waals surface area contributed by atoms with Gasteiger partial charge in [0.15, 0.2) is 0 Å². The molecule has 2 aromatic carbocycles. The first kappa shape index (κ1) is 13.4. The lowest BCUT2D eigenvalue weighted by molar-refractivity contribution is 0.0697. The molecule has 2 N–H and O–H groups in total. The van der Waals surface area contributed by atoms with E-state index in [4.69, 9.17) is 11.5 Å². The van der Waals surface area contributed by atoms with Crippen molar-refractivity contribution in [3.8, 4) is 12.3 Å². The molecular formula is C16H11NO3. The Labute approximate surface area is 116 Å². The van der Waals surface area contributed by atoms with E-state index in [9.17, 15) is 9.59 Å². The number of nitrogens with one attached hydrogen (secondary N) is 1. The molecule has 0 aliphatic rings. The fourth-order valence-electron chi connectivity index (χ4n) is 1.68. The Morgan fingerprint density at radius 3 is 2.45 bits per heavy atom. The van der Waals surface area contributed by atoms with Gasteiger partial charge >= 0.3 is 5.97 Å². The van der Waals surface area contributed by atoms with Crippen molar-refractivity contribution in [2.24, 2.45) is 0 Å². The van der Waals surface area contributed by atoms with E-state index >= 15 is 0 Å². The molecule has 0 unspecified atom stereocenters. The molecule has 0 aliphatic heterocycles. The maximum Gasteiger partial charge on any atom is 0.335 e. The predicted molar refractivity (Wildman–Crippen MR) is 75.7 cm³/mol. The van der Waals surface area contributed by atoms with Crippen LogP contribution in [0, 0.1) is 12.3 Å². The second-order valence-electron chi connectivity index (χ2n) is 4.07. The van der Waals surface area contributed by atoms with E-state index < -0.39 is 5.97 Å². The van der Waals surface area contributed by atoms with Gasteiger partial charge in [0.05, 0.1) is 5.56 Å². The molecule has 0 aromatic heterocycles. The third-order valence-corrected chi connectivity index (χ3v) is 2.66. The largest absolute Gasteiger partial charge is 0.478 e. The molecule has 0 spiro atoms. The zero-order chi connectivity index (χ0) is 14.5. The Bertz CT molecular complexity index is 714. The first-order valence-electron chi connectivity index (χ1n) is 5.81. The Balaban J connectivity index is 2.22. The van der Waals surface area contributed by atoms with Gasteiger partial charge in [0, 0.05) is 16.8 Å². The minimum absolute atomic E-state index is 0.0648. The van der Waals surface area contributed by atoms with E-state index in [0.29, 0.717) is 11.3 Å². The third-order valence-electron chi connectivity index (χ3n) is 2.66. The fraction of sp³-hybridized carbons (Fsp3) is 0. The number of carboxylic acids is 1. The van der Waals surface area contributed by atoms with Crippen LogP contribution in [-0.4, -0.2) is 17.0 Å². The number of carbonyl (C=O) groups is 2. The Hall–Kier alpha value is -3.06. The number of carbonyl (C=O) groups excluding carboxylic acids is 1. The molecule has 0 heterocycles. The van der Waals surface area contributed by atoms with Gasteiger partial charge < -0.3 is 10.4 Å². The van der Waals surface area contributed by atoms with Crippen molar-refractivity contribution in [3.63, 3.8) is 0 Å². The van der Waals surface area contributed by atoms with Gasteiger partial charge in [-0.05, 0) is 36.4 Å². The van der Waals surface area contributed by atoms with Crippen LogP contribution in [0.15, 0.2) is 48.5 Å². The smallest absolute Gasteiger partial charge is 0.335 e. The van der Waals surface area contributed by atoms with Gasteiger partial charge in [-0.3, -0.25) is 4.79 Å². The molecule has 4 heteroatoms. The van der Waals surface area contributed by atoms with Gasteiger partial charge in [-0.15, -0.1) is 6.42 Å². The molecule has 20 heavy (non-hydrogen) atoms. The molecule has 0 bridgehead atoms. The highest BCUT2D eigenvalue weighted by molar-refractivity contribution is 6.05. The van der Waals surface area contributed by atoms with Crippen LogP contribution in [0.1, 0.15) is 26.3 Å². The highest BCUT2D eigenvalue weighted by atomic mass is 16.4. The summed E-state index contributed by atoms with van der Waals surface area (Å²) < 4.78 is 0.